The number of esters is 1. The van der Waals surface area contributed by atoms with Crippen LogP contribution in [-0.4, -0.2) is 22.8 Å². The molecule has 4 saturated carbocycles. The molecule has 27 heavy (non-hydrogen) atoms. The van der Waals surface area contributed by atoms with Gasteiger partial charge in [0.25, 0.3) is 0 Å². The minimum Gasteiger partial charge on any atom is -0.462 e. The fourth-order valence-corrected chi connectivity index (χ4v) is 6.46. The number of carbonyl (C=O) groups is 1. The lowest BCUT2D eigenvalue weighted by molar-refractivity contribution is -0.00804. The van der Waals surface area contributed by atoms with Crippen molar-refractivity contribution in [2.75, 3.05) is 6.61 Å². The van der Waals surface area contributed by atoms with Crippen molar-refractivity contribution < 1.29 is 9.53 Å². The minimum atomic E-state index is -0.229. The summed E-state index contributed by atoms with van der Waals surface area (Å²) in [6.45, 7) is 4.33. The monoisotopic (exact) mass is 364 g/mol. The van der Waals surface area contributed by atoms with Crippen molar-refractivity contribution in [1.29, 1.82) is 0 Å². The molecule has 6 rings (SSSR count). The molecule has 0 unspecified atom stereocenters. The van der Waals surface area contributed by atoms with Crippen LogP contribution in [0.4, 0.5) is 0 Å². The Morgan fingerprint density at radius 2 is 1.70 bits per heavy atom. The van der Waals surface area contributed by atoms with Crippen molar-refractivity contribution in [3.8, 4) is 11.3 Å². The Morgan fingerprint density at radius 3 is 2.26 bits per heavy atom. The molecule has 1 heterocycles. The lowest BCUT2D eigenvalue weighted by Gasteiger charge is -2.56. The third-order valence-electron chi connectivity index (χ3n) is 7.14. The molecule has 4 bridgehead atoms. The Balaban J connectivity index is 1.62. The number of ether oxygens (including phenoxy) is 1. The van der Waals surface area contributed by atoms with Gasteiger partial charge >= 0.3 is 5.97 Å². The fourth-order valence-electron chi connectivity index (χ4n) is 6.46. The minimum absolute atomic E-state index is 0.0901. The number of aromatic nitrogens is 2. The number of carbonyl (C=O) groups excluding carboxylic acids is 1. The van der Waals surface area contributed by atoms with Crippen LogP contribution in [0.3, 0.4) is 0 Å². The maximum Gasteiger partial charge on any atom is 0.342 e. The number of nitrogens with one attached hydrogen (secondary N) is 1. The summed E-state index contributed by atoms with van der Waals surface area (Å²) in [6.07, 6.45) is 7.73. The standard InChI is InChI=1S/C23H28N2O2/c1-3-27-22(26)19-20(18-6-4-14(2)5-7-18)24-25-21(19)23-11-15-8-16(12-23)10-17(9-15)13-23/h4-7,15-17H,3,8-13H2,1-2H3,(H,24,25). The van der Waals surface area contributed by atoms with Gasteiger partial charge in [0.05, 0.1) is 12.3 Å². The molecule has 4 heteroatoms. The van der Waals surface area contributed by atoms with E-state index >= 15 is 0 Å². The second kappa shape index (κ2) is 6.22. The van der Waals surface area contributed by atoms with E-state index in [1.165, 1.54) is 44.1 Å². The molecule has 0 amide bonds. The highest BCUT2D eigenvalue weighted by atomic mass is 16.5. The number of hydrogen-bond acceptors (Lipinski definition) is 3. The number of H-pyrrole nitrogens is 1. The van der Waals surface area contributed by atoms with E-state index < -0.39 is 0 Å². The Bertz CT molecular complexity index is 830. The zero-order chi connectivity index (χ0) is 18.6. The van der Waals surface area contributed by atoms with Gasteiger partial charge in [0.15, 0.2) is 0 Å². The highest BCUT2D eigenvalue weighted by Crippen LogP contribution is 2.61. The summed E-state index contributed by atoms with van der Waals surface area (Å²) in [7, 11) is 0. The van der Waals surface area contributed by atoms with Crippen molar-refractivity contribution in [2.24, 2.45) is 17.8 Å². The Kier molecular flexibility index (Phi) is 3.92. The summed E-state index contributed by atoms with van der Waals surface area (Å²) in [5.74, 6) is 2.22. The van der Waals surface area contributed by atoms with E-state index in [9.17, 15) is 4.79 Å². The van der Waals surface area contributed by atoms with Crippen LogP contribution >= 0.6 is 0 Å². The van der Waals surface area contributed by atoms with Crippen molar-refractivity contribution in [2.45, 2.75) is 57.8 Å². The molecule has 1 aromatic heterocycles. The normalized spacial score (nSPS) is 31.3. The van der Waals surface area contributed by atoms with Gasteiger partial charge in [0.1, 0.15) is 11.3 Å². The molecule has 4 nitrogen and oxygen atoms in total. The summed E-state index contributed by atoms with van der Waals surface area (Å²) in [5, 5.41) is 7.98. The number of hydrogen-bond donors (Lipinski definition) is 1. The molecule has 4 aliphatic carbocycles. The van der Waals surface area contributed by atoms with Crippen LogP contribution < -0.4 is 0 Å². The zero-order valence-electron chi connectivity index (χ0n) is 16.3. The first-order chi connectivity index (χ1) is 13.1. The van der Waals surface area contributed by atoms with Crippen LogP contribution in [0.15, 0.2) is 24.3 Å². The molecule has 0 spiro atoms. The van der Waals surface area contributed by atoms with E-state index in [0.29, 0.717) is 12.2 Å². The van der Waals surface area contributed by atoms with Gasteiger partial charge in [-0.05, 0) is 70.1 Å². The van der Waals surface area contributed by atoms with E-state index in [-0.39, 0.29) is 11.4 Å². The lowest BCUT2D eigenvalue weighted by atomic mass is 9.48. The molecule has 1 N–H and O–H groups in total. The van der Waals surface area contributed by atoms with Gasteiger partial charge in [0, 0.05) is 11.0 Å². The third kappa shape index (κ3) is 2.72. The van der Waals surface area contributed by atoms with E-state index in [4.69, 9.17) is 4.74 Å². The summed E-state index contributed by atoms with van der Waals surface area (Å²) in [6, 6.07) is 8.25. The van der Waals surface area contributed by atoms with Gasteiger partial charge in [-0.1, -0.05) is 29.8 Å². The summed E-state index contributed by atoms with van der Waals surface area (Å²) >= 11 is 0. The average Bonchev–Trinajstić information content (AvgIpc) is 3.07. The quantitative estimate of drug-likeness (QED) is 0.774. The number of aryl methyl sites for hydroxylation is 1. The van der Waals surface area contributed by atoms with Crippen molar-refractivity contribution in [3.63, 3.8) is 0 Å². The predicted molar refractivity (Wildman–Crippen MR) is 105 cm³/mol. The highest BCUT2D eigenvalue weighted by molar-refractivity contribution is 5.98. The fraction of sp³-hybridized carbons (Fsp3) is 0.565. The zero-order valence-corrected chi connectivity index (χ0v) is 16.3. The summed E-state index contributed by atoms with van der Waals surface area (Å²) < 4.78 is 5.48. The molecule has 2 aromatic rings. The van der Waals surface area contributed by atoms with Crippen molar-refractivity contribution >= 4 is 5.97 Å². The van der Waals surface area contributed by atoms with Gasteiger partial charge in [0.2, 0.25) is 0 Å². The molecule has 0 aliphatic heterocycles. The van der Waals surface area contributed by atoms with E-state index in [1.807, 2.05) is 6.92 Å². The molecule has 0 saturated heterocycles. The first-order valence-electron chi connectivity index (χ1n) is 10.4. The number of benzene rings is 1. The Labute approximate surface area is 160 Å². The second-order valence-corrected chi connectivity index (χ2v) is 9.11. The van der Waals surface area contributed by atoms with Gasteiger partial charge in [-0.15, -0.1) is 0 Å². The molecular weight excluding hydrogens is 336 g/mol. The maximum absolute atomic E-state index is 13.0. The largest absolute Gasteiger partial charge is 0.462 e. The Hall–Kier alpha value is -2.10. The van der Waals surface area contributed by atoms with Crippen molar-refractivity contribution in [3.05, 3.63) is 41.1 Å². The van der Waals surface area contributed by atoms with Crippen LogP contribution in [0.2, 0.25) is 0 Å². The topological polar surface area (TPSA) is 55.0 Å². The van der Waals surface area contributed by atoms with E-state index in [2.05, 4.69) is 41.4 Å². The molecule has 142 valence electrons. The molecule has 0 radical (unpaired) electrons. The van der Waals surface area contributed by atoms with Gasteiger partial charge in [-0.3, -0.25) is 5.10 Å². The molecule has 1 aromatic carbocycles. The number of aromatic amines is 1. The second-order valence-electron chi connectivity index (χ2n) is 9.11. The maximum atomic E-state index is 13.0. The van der Waals surface area contributed by atoms with Crippen LogP contribution in [-0.2, 0) is 10.2 Å². The number of nitrogens with zero attached hydrogens (tertiary/aromatic N) is 1. The SMILES string of the molecule is CCOC(=O)c1c(-c2ccc(C)cc2)n[nH]c1C12CC3CC(CC(C3)C1)C2. The van der Waals surface area contributed by atoms with Gasteiger partial charge in [-0.25, -0.2) is 4.79 Å². The highest BCUT2D eigenvalue weighted by Gasteiger charge is 2.54. The first-order valence-corrected chi connectivity index (χ1v) is 10.4. The predicted octanol–water partition coefficient (Wildman–Crippen LogP) is 5.03. The number of rotatable bonds is 4. The average molecular weight is 364 g/mol. The van der Waals surface area contributed by atoms with Crippen LogP contribution in [0, 0.1) is 24.7 Å². The molecule has 4 aliphatic rings. The van der Waals surface area contributed by atoms with E-state index in [1.54, 1.807) is 0 Å². The van der Waals surface area contributed by atoms with Gasteiger partial charge in [-0.2, -0.15) is 5.10 Å². The lowest BCUT2D eigenvalue weighted by Crippen LogP contribution is -2.49. The Morgan fingerprint density at radius 1 is 1.11 bits per heavy atom. The molecule has 4 fully saturated rings. The smallest absolute Gasteiger partial charge is 0.342 e. The van der Waals surface area contributed by atoms with Crippen molar-refractivity contribution in [1.82, 2.24) is 10.2 Å². The van der Waals surface area contributed by atoms with Crippen LogP contribution in [0.1, 0.15) is 67.1 Å². The summed E-state index contributed by atoms with van der Waals surface area (Å²) in [5.41, 5.74) is 4.76. The van der Waals surface area contributed by atoms with E-state index in [0.717, 1.165) is 34.7 Å². The van der Waals surface area contributed by atoms with Crippen LogP contribution in [0.5, 0.6) is 0 Å². The third-order valence-corrected chi connectivity index (χ3v) is 7.14. The molecule has 0 atom stereocenters. The molecular formula is C23H28N2O2. The first kappa shape index (κ1) is 17.0. The van der Waals surface area contributed by atoms with Crippen LogP contribution in [0.25, 0.3) is 11.3 Å². The van der Waals surface area contributed by atoms with Gasteiger partial charge < -0.3 is 4.74 Å². The summed E-state index contributed by atoms with van der Waals surface area (Å²) in [4.78, 5) is 13.0.